The smallest absolute Gasteiger partial charge is 0.0885 e. The molecule has 138 valence electrons. The summed E-state index contributed by atoms with van der Waals surface area (Å²) in [6, 6.07) is 0. The summed E-state index contributed by atoms with van der Waals surface area (Å²) in [5.41, 5.74) is 0. The van der Waals surface area contributed by atoms with E-state index in [0.717, 1.165) is 18.3 Å². The zero-order valence-electron chi connectivity index (χ0n) is 16.6. The van der Waals surface area contributed by atoms with E-state index >= 15 is 0 Å². The van der Waals surface area contributed by atoms with Gasteiger partial charge in [-0.15, -0.1) is 0 Å². The molecule has 2 fully saturated rings. The van der Waals surface area contributed by atoms with Gasteiger partial charge in [0.25, 0.3) is 0 Å². The molecule has 2 saturated heterocycles. The minimum Gasteiger partial charge on any atom is -0.0885 e. The fraction of sp³-hybridized carbons (Fsp3) is 0.913. The van der Waals surface area contributed by atoms with Crippen molar-refractivity contribution >= 4 is 6.71 Å². The van der Waals surface area contributed by atoms with Crippen molar-refractivity contribution in [1.82, 2.24) is 0 Å². The van der Waals surface area contributed by atoms with E-state index in [1.807, 2.05) is 0 Å². The number of fused-ring (bicyclic) bond motifs is 2. The monoisotopic (exact) mass is 330 g/mol. The Hall–Kier alpha value is -0.195. The van der Waals surface area contributed by atoms with Crippen molar-refractivity contribution in [3.8, 4) is 0 Å². The maximum atomic E-state index is 2.44. The maximum Gasteiger partial charge on any atom is 0.146 e. The van der Waals surface area contributed by atoms with Gasteiger partial charge in [0.05, 0.1) is 0 Å². The second kappa shape index (κ2) is 13.1. The lowest BCUT2D eigenvalue weighted by atomic mass is 9.26. The minimum atomic E-state index is 1.12. The summed E-state index contributed by atoms with van der Waals surface area (Å²) in [5.74, 6) is 2.25. The van der Waals surface area contributed by atoms with Crippen LogP contribution in [0.15, 0.2) is 12.2 Å². The molecule has 0 saturated carbocycles. The number of allylic oxidation sites excluding steroid dienone is 2. The van der Waals surface area contributed by atoms with Crippen molar-refractivity contribution in [3.05, 3.63) is 12.2 Å². The third kappa shape index (κ3) is 7.79. The molecule has 0 aliphatic carbocycles. The second-order valence-corrected chi connectivity index (χ2v) is 8.71. The van der Waals surface area contributed by atoms with Gasteiger partial charge in [0.2, 0.25) is 0 Å². The standard InChI is InChI=1S/C23H43B/c1-2-3-4-5-6-7-8-9-10-11-12-13-14-21-24-22-17-15-18-23(24)20-16-19-22/h7-8,22-23H,2-6,9-21H2,1H3/b8-7-. The van der Waals surface area contributed by atoms with Gasteiger partial charge in [-0.3, -0.25) is 0 Å². The van der Waals surface area contributed by atoms with Crippen molar-refractivity contribution in [2.45, 2.75) is 134 Å². The first kappa shape index (κ1) is 20.1. The van der Waals surface area contributed by atoms with Crippen LogP contribution < -0.4 is 0 Å². The molecule has 0 radical (unpaired) electrons. The first-order valence-electron chi connectivity index (χ1n) is 11.6. The lowest BCUT2D eigenvalue weighted by molar-refractivity contribution is 0.439. The Balaban J connectivity index is 1.38. The van der Waals surface area contributed by atoms with E-state index in [1.165, 1.54) is 83.5 Å². The van der Waals surface area contributed by atoms with Gasteiger partial charge in [0.1, 0.15) is 6.71 Å². The lowest BCUT2D eigenvalue weighted by Crippen LogP contribution is -2.34. The molecule has 1 heteroatoms. The predicted molar refractivity (Wildman–Crippen MR) is 111 cm³/mol. The molecule has 2 bridgehead atoms. The van der Waals surface area contributed by atoms with Crippen LogP contribution in [-0.4, -0.2) is 6.71 Å². The molecule has 0 atom stereocenters. The van der Waals surface area contributed by atoms with Crippen molar-refractivity contribution in [2.75, 3.05) is 0 Å². The normalized spacial score (nSPS) is 24.0. The molecule has 2 aliphatic heterocycles. The summed E-state index contributed by atoms with van der Waals surface area (Å²) in [6.45, 7) is 3.42. The Morgan fingerprint density at radius 2 is 1.17 bits per heavy atom. The topological polar surface area (TPSA) is 0 Å². The average Bonchev–Trinajstić information content (AvgIpc) is 2.58. The van der Waals surface area contributed by atoms with Crippen molar-refractivity contribution in [2.24, 2.45) is 0 Å². The van der Waals surface area contributed by atoms with E-state index < -0.39 is 0 Å². The first-order valence-corrected chi connectivity index (χ1v) is 11.6. The van der Waals surface area contributed by atoms with Gasteiger partial charge in [0.15, 0.2) is 0 Å². The minimum absolute atomic E-state index is 1.12. The molecule has 24 heavy (non-hydrogen) atoms. The Morgan fingerprint density at radius 3 is 1.75 bits per heavy atom. The molecular formula is C23H43B. The third-order valence-corrected chi connectivity index (χ3v) is 6.81. The Kier molecular flexibility index (Phi) is 11.0. The molecule has 0 N–H and O–H groups in total. The van der Waals surface area contributed by atoms with Crippen molar-refractivity contribution in [3.63, 3.8) is 0 Å². The van der Waals surface area contributed by atoms with Crippen LogP contribution in [0.2, 0.25) is 18.0 Å². The van der Waals surface area contributed by atoms with Crippen LogP contribution in [0.3, 0.4) is 0 Å². The zero-order chi connectivity index (χ0) is 16.9. The SMILES string of the molecule is CCCCCC/C=C\CCCCCCCB1C2CCCC1CCC2. The van der Waals surface area contributed by atoms with Gasteiger partial charge in [0, 0.05) is 0 Å². The second-order valence-electron chi connectivity index (χ2n) is 8.71. The van der Waals surface area contributed by atoms with Crippen molar-refractivity contribution in [1.29, 1.82) is 0 Å². The molecule has 0 aromatic rings. The molecule has 2 aliphatic rings. The van der Waals surface area contributed by atoms with Gasteiger partial charge in [-0.2, -0.15) is 0 Å². The fourth-order valence-electron chi connectivity index (χ4n) is 5.38. The predicted octanol–water partition coefficient (Wildman–Crippen LogP) is 8.46. The van der Waals surface area contributed by atoms with Crippen LogP contribution in [0.5, 0.6) is 0 Å². The van der Waals surface area contributed by atoms with Gasteiger partial charge in [-0.1, -0.05) is 121 Å². The number of unbranched alkanes of at least 4 members (excludes halogenated alkanes) is 9. The van der Waals surface area contributed by atoms with Gasteiger partial charge in [-0.25, -0.2) is 0 Å². The van der Waals surface area contributed by atoms with Gasteiger partial charge >= 0.3 is 0 Å². The van der Waals surface area contributed by atoms with E-state index in [-0.39, 0.29) is 0 Å². The van der Waals surface area contributed by atoms with Crippen LogP contribution >= 0.6 is 0 Å². The van der Waals surface area contributed by atoms with E-state index in [9.17, 15) is 0 Å². The molecule has 0 aromatic heterocycles. The summed E-state index contributed by atoms with van der Waals surface area (Å²) in [6.07, 6.45) is 31.3. The van der Waals surface area contributed by atoms with Crippen LogP contribution in [0.1, 0.15) is 116 Å². The molecule has 0 nitrogen and oxygen atoms in total. The molecule has 2 heterocycles. The van der Waals surface area contributed by atoms with Crippen LogP contribution in [0.25, 0.3) is 0 Å². The Labute approximate surface area is 153 Å². The quantitative estimate of drug-likeness (QED) is 0.180. The molecule has 0 spiro atoms. The number of hydrogen-bond donors (Lipinski definition) is 0. The molecule has 0 aromatic carbocycles. The first-order chi connectivity index (χ1) is 11.9. The highest BCUT2D eigenvalue weighted by Gasteiger charge is 2.37. The van der Waals surface area contributed by atoms with Crippen LogP contribution in [-0.2, 0) is 0 Å². The largest absolute Gasteiger partial charge is 0.146 e. The number of hydrogen-bond acceptors (Lipinski definition) is 0. The highest BCUT2D eigenvalue weighted by molar-refractivity contribution is 6.62. The van der Waals surface area contributed by atoms with Crippen LogP contribution in [0, 0.1) is 0 Å². The molecular weight excluding hydrogens is 287 g/mol. The van der Waals surface area contributed by atoms with E-state index in [0.29, 0.717) is 0 Å². The average molecular weight is 330 g/mol. The molecule has 0 unspecified atom stereocenters. The summed E-state index contributed by atoms with van der Waals surface area (Å²) >= 11 is 0. The molecule has 2 rings (SSSR count). The summed E-state index contributed by atoms with van der Waals surface area (Å²) in [7, 11) is 0. The van der Waals surface area contributed by atoms with E-state index in [4.69, 9.17) is 0 Å². The summed E-state index contributed by atoms with van der Waals surface area (Å²) < 4.78 is 0. The Morgan fingerprint density at radius 1 is 0.667 bits per heavy atom. The Bertz CT molecular complexity index is 300. The highest BCUT2D eigenvalue weighted by atomic mass is 14.2. The highest BCUT2D eigenvalue weighted by Crippen LogP contribution is 2.48. The van der Waals surface area contributed by atoms with E-state index in [2.05, 4.69) is 19.1 Å². The fourth-order valence-corrected chi connectivity index (χ4v) is 5.38. The van der Waals surface area contributed by atoms with Crippen molar-refractivity contribution < 1.29 is 0 Å². The number of rotatable bonds is 13. The zero-order valence-corrected chi connectivity index (χ0v) is 16.6. The van der Waals surface area contributed by atoms with Crippen LogP contribution in [0.4, 0.5) is 0 Å². The van der Waals surface area contributed by atoms with E-state index in [1.54, 1.807) is 32.0 Å². The van der Waals surface area contributed by atoms with Gasteiger partial charge < -0.3 is 0 Å². The molecule has 0 amide bonds. The maximum absolute atomic E-state index is 2.44. The van der Waals surface area contributed by atoms with Gasteiger partial charge in [-0.05, 0) is 25.7 Å². The third-order valence-electron chi connectivity index (χ3n) is 6.81. The summed E-state index contributed by atoms with van der Waals surface area (Å²) in [5, 5.41) is 0. The summed E-state index contributed by atoms with van der Waals surface area (Å²) in [4.78, 5) is 0. The lowest BCUT2D eigenvalue weighted by Gasteiger charge is -2.40.